The molecule has 0 aliphatic heterocycles. The monoisotopic (exact) mass is 420 g/mol. The average Bonchev–Trinajstić information content (AvgIpc) is 2.78. The summed E-state index contributed by atoms with van der Waals surface area (Å²) in [6.07, 6.45) is 4.95. The smallest absolute Gasteiger partial charge is 0.179 e. The van der Waals surface area contributed by atoms with E-state index in [4.69, 9.17) is 4.42 Å². The molecule has 156 valence electrons. The van der Waals surface area contributed by atoms with Gasteiger partial charge in [0.2, 0.25) is 0 Å². The topological polar surface area (TPSA) is 70.7 Å². The summed E-state index contributed by atoms with van der Waals surface area (Å²) >= 11 is 0. The SMILES string of the molecule is C=C/C=C(O)\C(=C/C)c1c2ccc3cc(O)ccc3c2oc2c1ccc1cc(=O)ccc12. The van der Waals surface area contributed by atoms with E-state index in [0.29, 0.717) is 16.7 Å². The number of phenols is 1. The van der Waals surface area contributed by atoms with E-state index < -0.39 is 0 Å². The molecule has 32 heavy (non-hydrogen) atoms. The maximum atomic E-state index is 11.9. The molecule has 0 bridgehead atoms. The highest BCUT2D eigenvalue weighted by molar-refractivity contribution is 6.17. The van der Waals surface area contributed by atoms with Crippen molar-refractivity contribution >= 4 is 49.1 Å². The van der Waals surface area contributed by atoms with E-state index >= 15 is 0 Å². The number of allylic oxidation sites excluding steroid dienone is 4. The summed E-state index contributed by atoms with van der Waals surface area (Å²) in [5.41, 5.74) is 2.65. The van der Waals surface area contributed by atoms with Crippen molar-refractivity contribution in [2.24, 2.45) is 0 Å². The van der Waals surface area contributed by atoms with Crippen molar-refractivity contribution in [3.8, 4) is 5.75 Å². The summed E-state index contributed by atoms with van der Waals surface area (Å²) in [6, 6.07) is 17.7. The Morgan fingerprint density at radius 3 is 2.09 bits per heavy atom. The molecule has 0 fully saturated rings. The fraction of sp³-hybridized carbons (Fsp3) is 0.0357. The molecule has 0 amide bonds. The molecule has 1 heterocycles. The van der Waals surface area contributed by atoms with Crippen LogP contribution in [0.15, 0.2) is 100 Å². The first-order chi connectivity index (χ1) is 15.5. The van der Waals surface area contributed by atoms with Crippen LogP contribution in [-0.4, -0.2) is 10.2 Å². The predicted octanol–water partition coefficient (Wildman–Crippen LogP) is 6.99. The van der Waals surface area contributed by atoms with Crippen molar-refractivity contribution in [2.75, 3.05) is 0 Å². The molecule has 4 heteroatoms. The van der Waals surface area contributed by atoms with Crippen molar-refractivity contribution in [1.29, 1.82) is 0 Å². The lowest BCUT2D eigenvalue weighted by atomic mass is 9.92. The van der Waals surface area contributed by atoms with Crippen molar-refractivity contribution in [1.82, 2.24) is 0 Å². The molecule has 0 saturated heterocycles. The number of fused-ring (bicyclic) bond motifs is 6. The molecule has 0 unspecified atom stereocenters. The van der Waals surface area contributed by atoms with Crippen LogP contribution in [0.1, 0.15) is 12.5 Å². The maximum absolute atomic E-state index is 11.9. The van der Waals surface area contributed by atoms with Crippen LogP contribution in [0.4, 0.5) is 0 Å². The highest BCUT2D eigenvalue weighted by atomic mass is 16.3. The highest BCUT2D eigenvalue weighted by Crippen LogP contribution is 2.41. The Kier molecular flexibility index (Phi) is 4.56. The second-order valence-electron chi connectivity index (χ2n) is 7.64. The van der Waals surface area contributed by atoms with E-state index in [9.17, 15) is 15.0 Å². The molecule has 0 aliphatic rings. The molecule has 1 aromatic heterocycles. The second-order valence-corrected chi connectivity index (χ2v) is 7.64. The van der Waals surface area contributed by atoms with E-state index in [0.717, 1.165) is 37.9 Å². The Bertz CT molecular complexity index is 1680. The van der Waals surface area contributed by atoms with Crippen molar-refractivity contribution < 1.29 is 14.6 Å². The zero-order chi connectivity index (χ0) is 22.4. The maximum Gasteiger partial charge on any atom is 0.179 e. The van der Waals surface area contributed by atoms with Gasteiger partial charge in [0.1, 0.15) is 22.7 Å². The van der Waals surface area contributed by atoms with Crippen molar-refractivity contribution in [3.63, 3.8) is 0 Å². The van der Waals surface area contributed by atoms with Gasteiger partial charge in [-0.2, -0.15) is 0 Å². The van der Waals surface area contributed by atoms with E-state index in [2.05, 4.69) is 6.58 Å². The van der Waals surface area contributed by atoms with Crippen LogP contribution in [0.3, 0.4) is 0 Å². The summed E-state index contributed by atoms with van der Waals surface area (Å²) in [5.74, 6) is 0.268. The van der Waals surface area contributed by atoms with E-state index in [-0.39, 0.29) is 16.9 Å². The lowest BCUT2D eigenvalue weighted by Crippen LogP contribution is -1.97. The van der Waals surface area contributed by atoms with Gasteiger partial charge in [-0.05, 0) is 72.3 Å². The Morgan fingerprint density at radius 1 is 0.875 bits per heavy atom. The largest absolute Gasteiger partial charge is 0.508 e. The summed E-state index contributed by atoms with van der Waals surface area (Å²) in [6.45, 7) is 5.57. The van der Waals surface area contributed by atoms with E-state index in [1.165, 1.54) is 6.07 Å². The zero-order valence-electron chi connectivity index (χ0n) is 17.4. The predicted molar refractivity (Wildman–Crippen MR) is 131 cm³/mol. The van der Waals surface area contributed by atoms with E-state index in [1.54, 1.807) is 36.4 Å². The fourth-order valence-corrected chi connectivity index (χ4v) is 4.34. The van der Waals surface area contributed by atoms with Crippen LogP contribution in [0, 0.1) is 0 Å². The van der Waals surface area contributed by atoms with Gasteiger partial charge in [-0.1, -0.05) is 30.9 Å². The van der Waals surface area contributed by atoms with E-state index in [1.807, 2.05) is 43.3 Å². The lowest BCUT2D eigenvalue weighted by molar-refractivity contribution is 0.438. The first kappa shape index (κ1) is 19.6. The number of phenolic OH excluding ortho intramolecular Hbond substituents is 1. The second kappa shape index (κ2) is 7.43. The van der Waals surface area contributed by atoms with Gasteiger partial charge in [0.05, 0.1) is 0 Å². The molecule has 2 N–H and O–H groups in total. The van der Waals surface area contributed by atoms with Crippen LogP contribution in [0.25, 0.3) is 49.1 Å². The molecule has 0 aliphatic carbocycles. The quantitative estimate of drug-likeness (QED) is 0.143. The number of aliphatic hydroxyl groups excluding tert-OH is 1. The first-order valence-electron chi connectivity index (χ1n) is 10.3. The molecule has 0 radical (unpaired) electrons. The zero-order valence-corrected chi connectivity index (χ0v) is 17.4. The van der Waals surface area contributed by atoms with Gasteiger partial charge >= 0.3 is 0 Å². The Morgan fingerprint density at radius 2 is 1.47 bits per heavy atom. The van der Waals surface area contributed by atoms with Gasteiger partial charge in [-0.25, -0.2) is 0 Å². The van der Waals surface area contributed by atoms with Gasteiger partial charge < -0.3 is 14.6 Å². The third-order valence-electron chi connectivity index (χ3n) is 5.75. The number of hydrogen-bond acceptors (Lipinski definition) is 4. The van der Waals surface area contributed by atoms with Crippen LogP contribution in [-0.2, 0) is 0 Å². The molecule has 0 atom stereocenters. The fourth-order valence-electron chi connectivity index (χ4n) is 4.34. The van der Waals surface area contributed by atoms with Crippen LogP contribution in [0.2, 0.25) is 0 Å². The molecule has 4 aromatic carbocycles. The Hall–Kier alpha value is -4.31. The number of benzene rings is 4. The van der Waals surface area contributed by atoms with Crippen LogP contribution in [0.5, 0.6) is 5.75 Å². The lowest BCUT2D eigenvalue weighted by Gasteiger charge is -2.16. The minimum absolute atomic E-state index is 0.0699. The Labute approximate surface area is 183 Å². The summed E-state index contributed by atoms with van der Waals surface area (Å²) in [7, 11) is 0. The Balaban J connectivity index is 2.06. The third kappa shape index (κ3) is 2.96. The third-order valence-corrected chi connectivity index (χ3v) is 5.75. The van der Waals surface area contributed by atoms with Crippen molar-refractivity contribution in [2.45, 2.75) is 6.92 Å². The molecule has 5 aromatic rings. The molecule has 5 rings (SSSR count). The average molecular weight is 420 g/mol. The minimum Gasteiger partial charge on any atom is -0.508 e. The standard InChI is InChI=1S/C28H20O4/c1-3-5-25(31)20(4-2)26-23-10-6-16-14-18(29)8-12-21(16)27(23)32-28-22-13-9-19(30)15-17(22)7-11-24(26)28/h3-15,29,31H,1H2,2H3/b20-4+,25-5+. The van der Waals surface area contributed by atoms with Gasteiger partial charge in [0, 0.05) is 32.7 Å². The van der Waals surface area contributed by atoms with Gasteiger partial charge in [-0.15, -0.1) is 0 Å². The summed E-state index contributed by atoms with van der Waals surface area (Å²) in [5, 5.41) is 25.6. The normalized spacial score (nSPS) is 12.8. The number of aromatic hydroxyl groups is 1. The van der Waals surface area contributed by atoms with Gasteiger partial charge in [0.15, 0.2) is 5.43 Å². The highest BCUT2D eigenvalue weighted by Gasteiger charge is 2.19. The summed E-state index contributed by atoms with van der Waals surface area (Å²) in [4.78, 5) is 11.9. The molecule has 0 spiro atoms. The number of aliphatic hydroxyl groups is 1. The molecular weight excluding hydrogens is 400 g/mol. The molecular formula is C28H20O4. The first-order valence-corrected chi connectivity index (χ1v) is 10.3. The number of rotatable bonds is 3. The van der Waals surface area contributed by atoms with Gasteiger partial charge in [0.25, 0.3) is 0 Å². The molecule has 4 nitrogen and oxygen atoms in total. The van der Waals surface area contributed by atoms with Crippen LogP contribution < -0.4 is 5.43 Å². The van der Waals surface area contributed by atoms with Crippen LogP contribution >= 0.6 is 0 Å². The van der Waals surface area contributed by atoms with Crippen molar-refractivity contribution in [3.05, 3.63) is 107 Å². The number of hydrogen-bond donors (Lipinski definition) is 2. The summed E-state index contributed by atoms with van der Waals surface area (Å²) < 4.78 is 6.50. The molecule has 0 saturated carbocycles. The minimum atomic E-state index is -0.0699. The van der Waals surface area contributed by atoms with Gasteiger partial charge in [-0.3, -0.25) is 4.79 Å².